The van der Waals surface area contributed by atoms with E-state index in [2.05, 4.69) is 41.0 Å². The number of hydrogen-bond acceptors (Lipinski definition) is 2. The molecule has 4 rings (SSSR count). The van der Waals surface area contributed by atoms with Crippen molar-refractivity contribution in [2.45, 2.75) is 25.8 Å². The average molecular weight is 375 g/mol. The third-order valence-electron chi connectivity index (χ3n) is 5.50. The van der Waals surface area contributed by atoms with Crippen molar-refractivity contribution in [2.24, 2.45) is 5.92 Å². The quantitative estimate of drug-likeness (QED) is 0.702. The molecule has 2 aliphatic rings. The van der Waals surface area contributed by atoms with Crippen molar-refractivity contribution in [2.75, 3.05) is 31.1 Å². The van der Waals surface area contributed by atoms with E-state index in [0.717, 1.165) is 41.3 Å². The first kappa shape index (κ1) is 17.2. The van der Waals surface area contributed by atoms with Crippen LogP contribution in [0.2, 0.25) is 10.0 Å². The highest BCUT2D eigenvalue weighted by Crippen LogP contribution is 2.40. The van der Waals surface area contributed by atoms with Crippen LogP contribution < -0.4 is 4.90 Å². The highest BCUT2D eigenvalue weighted by atomic mass is 35.5. The van der Waals surface area contributed by atoms with Gasteiger partial charge in [0, 0.05) is 32.1 Å². The fourth-order valence-corrected chi connectivity index (χ4v) is 4.62. The molecular formula is C21H24Cl2N2. The van der Waals surface area contributed by atoms with Crippen molar-refractivity contribution in [3.63, 3.8) is 0 Å². The molecule has 4 heteroatoms. The van der Waals surface area contributed by atoms with Crippen molar-refractivity contribution in [1.82, 2.24) is 4.90 Å². The number of rotatable bonds is 4. The molecule has 2 saturated heterocycles. The van der Waals surface area contributed by atoms with Gasteiger partial charge >= 0.3 is 0 Å². The zero-order valence-corrected chi connectivity index (χ0v) is 16.1. The molecule has 2 aliphatic heterocycles. The lowest BCUT2D eigenvalue weighted by Gasteiger charge is -2.42. The Morgan fingerprint density at radius 1 is 0.960 bits per heavy atom. The topological polar surface area (TPSA) is 6.48 Å². The lowest BCUT2D eigenvalue weighted by molar-refractivity contribution is 0.320. The third kappa shape index (κ3) is 3.67. The molecule has 2 nitrogen and oxygen atoms in total. The predicted octanol–water partition coefficient (Wildman–Crippen LogP) is 5.44. The fraction of sp³-hybridized carbons (Fsp3) is 0.429. The van der Waals surface area contributed by atoms with E-state index in [0.29, 0.717) is 5.92 Å². The zero-order chi connectivity index (χ0) is 17.4. The van der Waals surface area contributed by atoms with Gasteiger partial charge in [0.1, 0.15) is 0 Å². The van der Waals surface area contributed by atoms with Crippen molar-refractivity contribution >= 4 is 28.9 Å². The summed E-state index contributed by atoms with van der Waals surface area (Å²) in [6, 6.07) is 14.9. The van der Waals surface area contributed by atoms with Gasteiger partial charge in [0.2, 0.25) is 0 Å². The van der Waals surface area contributed by atoms with E-state index in [1.54, 1.807) is 0 Å². The van der Waals surface area contributed by atoms with E-state index in [1.165, 1.54) is 30.6 Å². The van der Waals surface area contributed by atoms with Gasteiger partial charge in [-0.25, -0.2) is 0 Å². The number of para-hydroxylation sites is 1. The molecule has 132 valence electrons. The van der Waals surface area contributed by atoms with Gasteiger partial charge in [-0.3, -0.25) is 4.90 Å². The molecule has 2 aromatic carbocycles. The second-order valence-electron chi connectivity index (χ2n) is 7.54. The molecule has 0 aliphatic carbocycles. The van der Waals surface area contributed by atoms with Gasteiger partial charge in [-0.2, -0.15) is 0 Å². The monoisotopic (exact) mass is 374 g/mol. The first-order chi connectivity index (χ1) is 12.1. The zero-order valence-electron chi connectivity index (χ0n) is 14.6. The molecule has 0 bridgehead atoms. The van der Waals surface area contributed by atoms with Gasteiger partial charge in [0.05, 0.1) is 15.7 Å². The average Bonchev–Trinajstić information content (AvgIpc) is 2.95. The summed E-state index contributed by atoms with van der Waals surface area (Å²) < 4.78 is 0. The van der Waals surface area contributed by atoms with E-state index in [1.807, 2.05) is 18.2 Å². The number of benzene rings is 2. The van der Waals surface area contributed by atoms with Crippen molar-refractivity contribution in [3.05, 3.63) is 63.6 Å². The Balaban J connectivity index is 1.36. The Morgan fingerprint density at radius 3 is 2.24 bits per heavy atom. The normalized spacial score (nSPS) is 21.6. The van der Waals surface area contributed by atoms with Crippen LogP contribution in [0.25, 0.3) is 0 Å². The molecule has 2 fully saturated rings. The summed E-state index contributed by atoms with van der Waals surface area (Å²) in [5.74, 6) is 1.41. The minimum atomic E-state index is 0.563. The first-order valence-corrected chi connectivity index (χ1v) is 9.86. The van der Waals surface area contributed by atoms with Crippen LogP contribution in [0.4, 0.5) is 5.69 Å². The molecule has 0 amide bonds. The Morgan fingerprint density at radius 2 is 1.64 bits per heavy atom. The van der Waals surface area contributed by atoms with Gasteiger partial charge in [0.25, 0.3) is 0 Å². The number of halogens is 2. The summed E-state index contributed by atoms with van der Waals surface area (Å²) in [5, 5.41) is 1.47. The smallest absolute Gasteiger partial charge is 0.0745 e. The first-order valence-electron chi connectivity index (χ1n) is 9.10. The Bertz CT molecular complexity index is 718. The molecule has 0 radical (unpaired) electrons. The van der Waals surface area contributed by atoms with Crippen LogP contribution in [0, 0.1) is 5.92 Å². The van der Waals surface area contributed by atoms with Crippen LogP contribution in [-0.2, 0) is 6.54 Å². The van der Waals surface area contributed by atoms with Crippen LogP contribution >= 0.6 is 23.2 Å². The van der Waals surface area contributed by atoms with Crippen molar-refractivity contribution in [3.8, 4) is 0 Å². The lowest BCUT2D eigenvalue weighted by Crippen LogP contribution is -2.45. The van der Waals surface area contributed by atoms with Crippen LogP contribution in [-0.4, -0.2) is 31.1 Å². The van der Waals surface area contributed by atoms with E-state index in [-0.39, 0.29) is 0 Å². The molecule has 1 atom stereocenters. The summed E-state index contributed by atoms with van der Waals surface area (Å²) in [7, 11) is 0. The van der Waals surface area contributed by atoms with E-state index >= 15 is 0 Å². The summed E-state index contributed by atoms with van der Waals surface area (Å²) in [5.41, 5.74) is 3.81. The maximum absolute atomic E-state index is 6.31. The number of anilines is 1. The van der Waals surface area contributed by atoms with Crippen LogP contribution in [0.1, 0.15) is 30.4 Å². The predicted molar refractivity (Wildman–Crippen MR) is 107 cm³/mol. The van der Waals surface area contributed by atoms with Crippen LogP contribution in [0.5, 0.6) is 0 Å². The van der Waals surface area contributed by atoms with Gasteiger partial charge in [-0.05, 0) is 42.1 Å². The molecule has 0 N–H and O–H groups in total. The Hall–Kier alpha value is -1.22. The SMILES string of the molecule is CC1CCN(Cc2ccc(C3CN(c4c(Cl)cccc4Cl)C3)cc2)C1. The number of nitrogens with zero attached hydrogens (tertiary/aromatic N) is 2. The molecule has 2 aromatic rings. The van der Waals surface area contributed by atoms with Gasteiger partial charge in [-0.15, -0.1) is 0 Å². The van der Waals surface area contributed by atoms with Crippen molar-refractivity contribution < 1.29 is 0 Å². The lowest BCUT2D eigenvalue weighted by atomic mass is 9.90. The van der Waals surface area contributed by atoms with E-state index in [9.17, 15) is 0 Å². The third-order valence-corrected chi connectivity index (χ3v) is 6.11. The molecule has 0 aromatic heterocycles. The summed E-state index contributed by atoms with van der Waals surface area (Å²) >= 11 is 12.6. The fourth-order valence-electron chi connectivity index (χ4n) is 3.99. The highest BCUT2D eigenvalue weighted by molar-refractivity contribution is 6.39. The molecular weight excluding hydrogens is 351 g/mol. The largest absolute Gasteiger partial charge is 0.368 e. The minimum Gasteiger partial charge on any atom is -0.368 e. The standard InChI is InChI=1S/C21H24Cl2N2/c1-15-9-10-24(11-15)12-16-5-7-17(8-6-16)18-13-25(14-18)21-19(22)3-2-4-20(21)23/h2-8,15,18H,9-14H2,1H3. The minimum absolute atomic E-state index is 0.563. The summed E-state index contributed by atoms with van der Waals surface area (Å²) in [6.45, 7) is 7.85. The maximum Gasteiger partial charge on any atom is 0.0745 e. The summed E-state index contributed by atoms with van der Waals surface area (Å²) in [4.78, 5) is 4.83. The Labute approximate surface area is 160 Å². The van der Waals surface area contributed by atoms with Gasteiger partial charge in [0.15, 0.2) is 0 Å². The van der Waals surface area contributed by atoms with Gasteiger partial charge < -0.3 is 4.90 Å². The molecule has 0 saturated carbocycles. The highest BCUT2D eigenvalue weighted by Gasteiger charge is 2.30. The number of hydrogen-bond donors (Lipinski definition) is 0. The molecule has 1 unspecified atom stereocenters. The number of likely N-dealkylation sites (tertiary alicyclic amines) is 1. The second kappa shape index (κ2) is 7.19. The van der Waals surface area contributed by atoms with E-state index < -0.39 is 0 Å². The summed E-state index contributed by atoms with van der Waals surface area (Å²) in [6.07, 6.45) is 1.33. The maximum atomic E-state index is 6.31. The van der Waals surface area contributed by atoms with Crippen LogP contribution in [0.15, 0.2) is 42.5 Å². The molecule has 0 spiro atoms. The van der Waals surface area contributed by atoms with Gasteiger partial charge in [-0.1, -0.05) is 60.5 Å². The molecule has 2 heterocycles. The second-order valence-corrected chi connectivity index (χ2v) is 8.36. The van der Waals surface area contributed by atoms with E-state index in [4.69, 9.17) is 23.2 Å². The Kier molecular flexibility index (Phi) is 4.95. The van der Waals surface area contributed by atoms with Crippen LogP contribution in [0.3, 0.4) is 0 Å². The molecule has 25 heavy (non-hydrogen) atoms. The van der Waals surface area contributed by atoms with Crippen molar-refractivity contribution in [1.29, 1.82) is 0 Å².